The van der Waals surface area contributed by atoms with Gasteiger partial charge in [-0.15, -0.1) is 0 Å². The van der Waals surface area contributed by atoms with Gasteiger partial charge in [0.05, 0.1) is 36.7 Å². The fraction of sp³-hybridized carbons (Fsp3) is 0.375. The van der Waals surface area contributed by atoms with Gasteiger partial charge in [0, 0.05) is 12.0 Å². The van der Waals surface area contributed by atoms with Crippen LogP contribution in [-0.4, -0.2) is 38.5 Å². The molecule has 2 N–H and O–H groups in total. The van der Waals surface area contributed by atoms with Crippen LogP contribution in [0.5, 0.6) is 11.6 Å². The number of sulfonamides is 1. The summed E-state index contributed by atoms with van der Waals surface area (Å²) < 4.78 is 39.7. The van der Waals surface area contributed by atoms with E-state index < -0.39 is 10.0 Å². The number of amides is 1. The number of hydrogen-bond donors (Lipinski definition) is 2. The van der Waals surface area contributed by atoms with E-state index >= 15 is 0 Å². The molecule has 0 aliphatic heterocycles. The van der Waals surface area contributed by atoms with Crippen LogP contribution in [0.3, 0.4) is 0 Å². The van der Waals surface area contributed by atoms with Gasteiger partial charge in [-0.2, -0.15) is 0 Å². The molecule has 1 amide bonds. The molecule has 0 unspecified atom stereocenters. The highest BCUT2D eigenvalue weighted by atomic mass is 32.2. The molecule has 1 aliphatic carbocycles. The molecule has 35 heavy (non-hydrogen) atoms. The van der Waals surface area contributed by atoms with Gasteiger partial charge in [0.25, 0.3) is 10.0 Å². The zero-order valence-electron chi connectivity index (χ0n) is 20.0. The second-order valence-electron chi connectivity index (χ2n) is 8.42. The molecular formula is C24H28N4O5S2. The van der Waals surface area contributed by atoms with Gasteiger partial charge in [-0.25, -0.2) is 18.4 Å². The van der Waals surface area contributed by atoms with Crippen molar-refractivity contribution < 1.29 is 22.7 Å². The number of hydrogen-bond acceptors (Lipinski definition) is 8. The largest absolute Gasteiger partial charge is 0.495 e. The summed E-state index contributed by atoms with van der Waals surface area (Å²) in [7, 11) is -1.09. The number of ether oxygens (including phenoxy) is 2. The lowest BCUT2D eigenvalue weighted by Crippen LogP contribution is -2.20. The Morgan fingerprint density at radius 2 is 1.86 bits per heavy atom. The third-order valence-corrected chi connectivity index (χ3v) is 8.52. The maximum Gasteiger partial charge on any atom is 0.265 e. The molecule has 0 atom stereocenters. The van der Waals surface area contributed by atoms with Crippen LogP contribution in [0.1, 0.15) is 36.9 Å². The minimum absolute atomic E-state index is 0.00605. The average molecular weight is 517 g/mol. The molecule has 9 nitrogen and oxygen atoms in total. The smallest absolute Gasteiger partial charge is 0.265 e. The van der Waals surface area contributed by atoms with Gasteiger partial charge in [0.15, 0.2) is 5.13 Å². The summed E-state index contributed by atoms with van der Waals surface area (Å²) in [6.45, 7) is 3.60. The van der Waals surface area contributed by atoms with Gasteiger partial charge in [-0.05, 0) is 56.0 Å². The molecule has 1 fully saturated rings. The lowest BCUT2D eigenvalue weighted by molar-refractivity contribution is -0.119. The van der Waals surface area contributed by atoms with Crippen LogP contribution >= 0.6 is 11.3 Å². The maximum absolute atomic E-state index is 13.3. The Kier molecular flexibility index (Phi) is 7.27. The Balaban J connectivity index is 1.64. The molecule has 2 heterocycles. The number of thiazole rings is 1. The number of aryl methyl sites for hydroxylation is 2. The quantitative estimate of drug-likeness (QED) is 0.443. The van der Waals surface area contributed by atoms with Crippen LogP contribution < -0.4 is 19.5 Å². The minimum atomic E-state index is -4.01. The van der Waals surface area contributed by atoms with Crippen molar-refractivity contribution in [3.63, 3.8) is 0 Å². The molecule has 0 saturated heterocycles. The monoisotopic (exact) mass is 516 g/mol. The number of nitrogens with one attached hydrogen (secondary N) is 2. The maximum atomic E-state index is 13.3. The highest BCUT2D eigenvalue weighted by molar-refractivity contribution is 7.92. The highest BCUT2D eigenvalue weighted by Gasteiger charge is 2.25. The predicted molar refractivity (Wildman–Crippen MR) is 136 cm³/mol. The number of carbonyl (C=O) groups is 1. The molecule has 3 aromatic rings. The standard InChI is InChI=1S/C24H28N4O5S2/c1-14-11-21(33-4)25-13-18(14)28-35(30,31)20-12-17(9-10-19(20)32-3)22-15(2)26-24(34-22)27-23(29)16-7-5-6-8-16/h9-13,16,28H,5-8H2,1-4H3,(H,26,27,29). The molecule has 2 aromatic heterocycles. The Morgan fingerprint density at radius 3 is 2.51 bits per heavy atom. The average Bonchev–Trinajstić information content (AvgIpc) is 3.50. The van der Waals surface area contributed by atoms with Crippen molar-refractivity contribution in [2.75, 3.05) is 24.3 Å². The molecule has 186 valence electrons. The Labute approximate surface area is 209 Å². The van der Waals surface area contributed by atoms with Gasteiger partial charge in [0.1, 0.15) is 10.6 Å². The molecule has 1 saturated carbocycles. The Morgan fingerprint density at radius 1 is 1.11 bits per heavy atom. The topological polar surface area (TPSA) is 120 Å². The SMILES string of the molecule is COc1cc(C)c(NS(=O)(=O)c2cc(-c3sc(NC(=O)C4CCCC4)nc3C)ccc2OC)cn1. The van der Waals surface area contributed by atoms with Gasteiger partial charge >= 0.3 is 0 Å². The van der Waals surface area contributed by atoms with E-state index in [1.54, 1.807) is 31.2 Å². The molecule has 11 heteroatoms. The highest BCUT2D eigenvalue weighted by Crippen LogP contribution is 2.37. The first-order valence-electron chi connectivity index (χ1n) is 11.2. The van der Waals surface area contributed by atoms with Crippen molar-refractivity contribution in [2.24, 2.45) is 5.92 Å². The van der Waals surface area contributed by atoms with Crippen LogP contribution in [0.25, 0.3) is 10.4 Å². The molecule has 0 spiro atoms. The van der Waals surface area contributed by atoms with Crippen LogP contribution in [0.4, 0.5) is 10.8 Å². The lowest BCUT2D eigenvalue weighted by atomic mass is 10.1. The molecule has 1 aliphatic rings. The number of methoxy groups -OCH3 is 2. The molecule has 1 aromatic carbocycles. The summed E-state index contributed by atoms with van der Waals surface area (Å²) in [6.07, 6.45) is 5.36. The third kappa shape index (κ3) is 5.40. The molecule has 0 bridgehead atoms. The third-order valence-electron chi connectivity index (χ3n) is 6.01. The van der Waals surface area contributed by atoms with Crippen molar-refractivity contribution in [2.45, 2.75) is 44.4 Å². The summed E-state index contributed by atoms with van der Waals surface area (Å²) in [5.41, 5.74) is 2.36. The van der Waals surface area contributed by atoms with E-state index in [0.29, 0.717) is 33.5 Å². The Bertz CT molecular complexity index is 1350. The van der Waals surface area contributed by atoms with E-state index in [1.807, 2.05) is 6.92 Å². The summed E-state index contributed by atoms with van der Waals surface area (Å²) in [6, 6.07) is 6.59. The van der Waals surface area contributed by atoms with E-state index in [1.165, 1.54) is 31.8 Å². The number of anilines is 2. The zero-order chi connectivity index (χ0) is 25.2. The van der Waals surface area contributed by atoms with Gasteiger partial charge in [-0.3, -0.25) is 9.52 Å². The summed E-state index contributed by atoms with van der Waals surface area (Å²) in [5.74, 6) is 0.620. The Hall–Kier alpha value is -3.18. The summed E-state index contributed by atoms with van der Waals surface area (Å²) in [5, 5.41) is 3.43. The fourth-order valence-electron chi connectivity index (χ4n) is 4.09. The number of rotatable bonds is 8. The molecule has 4 rings (SSSR count). The van der Waals surface area contributed by atoms with E-state index in [0.717, 1.165) is 30.6 Å². The zero-order valence-corrected chi connectivity index (χ0v) is 21.7. The van der Waals surface area contributed by atoms with Crippen molar-refractivity contribution in [1.82, 2.24) is 9.97 Å². The van der Waals surface area contributed by atoms with Crippen molar-refractivity contribution in [3.05, 3.63) is 41.7 Å². The van der Waals surface area contributed by atoms with Gasteiger partial charge < -0.3 is 14.8 Å². The van der Waals surface area contributed by atoms with Crippen LogP contribution in [-0.2, 0) is 14.8 Å². The lowest BCUT2D eigenvalue weighted by Gasteiger charge is -2.14. The van der Waals surface area contributed by atoms with E-state index in [-0.39, 0.29) is 22.5 Å². The predicted octanol–water partition coefficient (Wildman–Crippen LogP) is 4.77. The number of carbonyl (C=O) groups excluding carboxylic acids is 1. The molecule has 0 radical (unpaired) electrons. The first-order chi connectivity index (χ1) is 16.7. The first-order valence-corrected chi connectivity index (χ1v) is 13.5. The van der Waals surface area contributed by atoms with Crippen molar-refractivity contribution in [1.29, 1.82) is 0 Å². The number of aromatic nitrogens is 2. The number of pyridine rings is 1. The van der Waals surface area contributed by atoms with Gasteiger partial charge in [-0.1, -0.05) is 24.2 Å². The van der Waals surface area contributed by atoms with Crippen LogP contribution in [0, 0.1) is 19.8 Å². The van der Waals surface area contributed by atoms with Gasteiger partial charge in [0.2, 0.25) is 11.8 Å². The second-order valence-corrected chi connectivity index (χ2v) is 11.1. The van der Waals surface area contributed by atoms with Crippen LogP contribution in [0.2, 0.25) is 0 Å². The first kappa shape index (κ1) is 24.9. The second kappa shape index (κ2) is 10.2. The molecular weight excluding hydrogens is 488 g/mol. The van der Waals surface area contributed by atoms with Crippen molar-refractivity contribution in [3.8, 4) is 22.1 Å². The van der Waals surface area contributed by atoms with E-state index in [4.69, 9.17) is 9.47 Å². The number of benzene rings is 1. The fourth-order valence-corrected chi connectivity index (χ4v) is 6.37. The minimum Gasteiger partial charge on any atom is -0.495 e. The number of nitrogens with zero attached hydrogens (tertiary/aromatic N) is 2. The van der Waals surface area contributed by atoms with Crippen LogP contribution in [0.15, 0.2) is 35.4 Å². The van der Waals surface area contributed by atoms with E-state index in [2.05, 4.69) is 20.0 Å². The normalized spacial score (nSPS) is 14.1. The van der Waals surface area contributed by atoms with E-state index in [9.17, 15) is 13.2 Å². The summed E-state index contributed by atoms with van der Waals surface area (Å²) >= 11 is 1.32. The van der Waals surface area contributed by atoms with Crippen molar-refractivity contribution >= 4 is 38.1 Å². The summed E-state index contributed by atoms with van der Waals surface area (Å²) in [4.78, 5) is 21.9.